The number of pyridine rings is 1. The van der Waals surface area contributed by atoms with E-state index < -0.39 is 0 Å². The van der Waals surface area contributed by atoms with Gasteiger partial charge in [0.25, 0.3) is 0 Å². The van der Waals surface area contributed by atoms with Crippen molar-refractivity contribution < 1.29 is 4.79 Å². The number of amides is 1. The van der Waals surface area contributed by atoms with Crippen molar-refractivity contribution in [3.8, 4) is 0 Å². The minimum absolute atomic E-state index is 0.249. The second kappa shape index (κ2) is 8.26. The van der Waals surface area contributed by atoms with Crippen LogP contribution >= 0.6 is 0 Å². The standard InChI is InChI=1S/C21H27N3O/c1-3-19-15-23(16-20-17(2)8-7-12-22-20)13-11-21(25)24(19)14-18-9-5-4-6-10-18/h4-10,12,19H,3,11,13-16H2,1-2H3/t19-/m0/s1. The normalized spacial score (nSPS) is 19.0. The quantitative estimate of drug-likeness (QED) is 0.839. The van der Waals surface area contributed by atoms with Crippen LogP contribution in [0.4, 0.5) is 0 Å². The third-order valence-electron chi connectivity index (χ3n) is 5.03. The predicted molar refractivity (Wildman–Crippen MR) is 99.9 cm³/mol. The van der Waals surface area contributed by atoms with Gasteiger partial charge in [-0.1, -0.05) is 43.3 Å². The molecule has 1 amide bonds. The lowest BCUT2D eigenvalue weighted by molar-refractivity contribution is -0.133. The summed E-state index contributed by atoms with van der Waals surface area (Å²) in [5.74, 6) is 0.260. The van der Waals surface area contributed by atoms with Crippen LogP contribution in [0.25, 0.3) is 0 Å². The molecule has 1 saturated heterocycles. The maximum absolute atomic E-state index is 12.7. The average Bonchev–Trinajstić information content (AvgIpc) is 2.78. The molecule has 0 spiro atoms. The van der Waals surface area contributed by atoms with Gasteiger partial charge in [-0.05, 0) is 30.5 Å². The zero-order chi connectivity index (χ0) is 17.6. The van der Waals surface area contributed by atoms with Gasteiger partial charge in [-0.25, -0.2) is 0 Å². The third kappa shape index (κ3) is 4.45. The number of nitrogens with zero attached hydrogens (tertiary/aromatic N) is 3. The summed E-state index contributed by atoms with van der Waals surface area (Å²) < 4.78 is 0. The lowest BCUT2D eigenvalue weighted by Crippen LogP contribution is -2.42. The van der Waals surface area contributed by atoms with Gasteiger partial charge in [0, 0.05) is 44.8 Å². The van der Waals surface area contributed by atoms with Gasteiger partial charge in [0.1, 0.15) is 0 Å². The van der Waals surface area contributed by atoms with E-state index in [4.69, 9.17) is 0 Å². The SMILES string of the molecule is CC[C@H]1CN(Cc2ncccc2C)CCC(=O)N1Cc1ccccc1. The molecule has 3 rings (SSSR count). The molecule has 4 heteroatoms. The first-order valence-electron chi connectivity index (χ1n) is 9.13. The maximum Gasteiger partial charge on any atom is 0.224 e. The summed E-state index contributed by atoms with van der Waals surface area (Å²) in [6.45, 7) is 7.50. The van der Waals surface area contributed by atoms with E-state index >= 15 is 0 Å². The fraction of sp³-hybridized carbons (Fsp3) is 0.429. The monoisotopic (exact) mass is 337 g/mol. The summed E-state index contributed by atoms with van der Waals surface area (Å²) in [7, 11) is 0. The van der Waals surface area contributed by atoms with Crippen molar-refractivity contribution in [2.24, 2.45) is 0 Å². The van der Waals surface area contributed by atoms with E-state index in [-0.39, 0.29) is 11.9 Å². The van der Waals surface area contributed by atoms with Crippen LogP contribution in [0.5, 0.6) is 0 Å². The number of carbonyl (C=O) groups is 1. The zero-order valence-electron chi connectivity index (χ0n) is 15.2. The minimum Gasteiger partial charge on any atom is -0.334 e. The number of benzene rings is 1. The summed E-state index contributed by atoms with van der Waals surface area (Å²) in [5, 5.41) is 0. The van der Waals surface area contributed by atoms with Crippen molar-refractivity contribution in [2.75, 3.05) is 13.1 Å². The summed E-state index contributed by atoms with van der Waals surface area (Å²) >= 11 is 0. The van der Waals surface area contributed by atoms with Crippen LogP contribution < -0.4 is 0 Å². The first-order chi connectivity index (χ1) is 12.2. The smallest absolute Gasteiger partial charge is 0.224 e. The van der Waals surface area contributed by atoms with Gasteiger partial charge in [-0.2, -0.15) is 0 Å². The Hall–Kier alpha value is -2.20. The van der Waals surface area contributed by atoms with Gasteiger partial charge in [0.15, 0.2) is 0 Å². The Balaban J connectivity index is 1.73. The van der Waals surface area contributed by atoms with Gasteiger partial charge in [-0.15, -0.1) is 0 Å². The van der Waals surface area contributed by atoms with Crippen molar-refractivity contribution >= 4 is 5.91 Å². The number of carbonyl (C=O) groups excluding carboxylic acids is 1. The fourth-order valence-electron chi connectivity index (χ4n) is 3.48. The largest absolute Gasteiger partial charge is 0.334 e. The highest BCUT2D eigenvalue weighted by atomic mass is 16.2. The lowest BCUT2D eigenvalue weighted by Gasteiger charge is -2.31. The van der Waals surface area contributed by atoms with E-state index in [0.717, 1.165) is 31.7 Å². The molecule has 0 unspecified atom stereocenters. The van der Waals surface area contributed by atoms with Gasteiger partial charge < -0.3 is 4.90 Å². The van der Waals surface area contributed by atoms with Crippen LogP contribution in [-0.4, -0.2) is 39.8 Å². The van der Waals surface area contributed by atoms with Crippen molar-refractivity contribution in [1.29, 1.82) is 0 Å². The van der Waals surface area contributed by atoms with Crippen LogP contribution in [-0.2, 0) is 17.9 Å². The van der Waals surface area contributed by atoms with Crippen LogP contribution in [0.3, 0.4) is 0 Å². The third-order valence-corrected chi connectivity index (χ3v) is 5.03. The minimum atomic E-state index is 0.249. The number of hydrogen-bond acceptors (Lipinski definition) is 3. The molecule has 1 fully saturated rings. The molecule has 1 aliphatic rings. The summed E-state index contributed by atoms with van der Waals surface area (Å²) in [4.78, 5) is 21.7. The second-order valence-corrected chi connectivity index (χ2v) is 6.82. The Kier molecular flexibility index (Phi) is 5.82. The first-order valence-corrected chi connectivity index (χ1v) is 9.13. The molecule has 1 aromatic carbocycles. The molecular formula is C21H27N3O. The van der Waals surface area contributed by atoms with Gasteiger partial charge in [0.2, 0.25) is 5.91 Å². The Labute approximate surface area is 150 Å². The van der Waals surface area contributed by atoms with E-state index in [1.54, 1.807) is 0 Å². The Bertz CT molecular complexity index is 701. The molecule has 25 heavy (non-hydrogen) atoms. The fourth-order valence-corrected chi connectivity index (χ4v) is 3.48. The van der Waals surface area contributed by atoms with E-state index in [1.807, 2.05) is 30.5 Å². The number of aromatic nitrogens is 1. The molecule has 0 bridgehead atoms. The summed E-state index contributed by atoms with van der Waals surface area (Å²) in [5.41, 5.74) is 3.52. The molecule has 0 N–H and O–H groups in total. The highest BCUT2D eigenvalue weighted by molar-refractivity contribution is 5.77. The zero-order valence-corrected chi connectivity index (χ0v) is 15.2. The van der Waals surface area contributed by atoms with E-state index in [9.17, 15) is 4.79 Å². The van der Waals surface area contributed by atoms with Crippen molar-refractivity contribution in [2.45, 2.75) is 45.8 Å². The Morgan fingerprint density at radius 1 is 1.12 bits per heavy atom. The van der Waals surface area contributed by atoms with Crippen LogP contribution in [0.1, 0.15) is 36.6 Å². The van der Waals surface area contributed by atoms with Gasteiger partial charge >= 0.3 is 0 Å². The molecule has 4 nitrogen and oxygen atoms in total. The molecular weight excluding hydrogens is 310 g/mol. The molecule has 1 aliphatic heterocycles. The van der Waals surface area contributed by atoms with E-state index in [2.05, 4.69) is 46.8 Å². The molecule has 1 aromatic heterocycles. The predicted octanol–water partition coefficient (Wildman–Crippen LogP) is 3.40. The van der Waals surface area contributed by atoms with Crippen LogP contribution in [0, 0.1) is 6.92 Å². The maximum atomic E-state index is 12.7. The van der Waals surface area contributed by atoms with Crippen molar-refractivity contribution in [3.05, 3.63) is 65.5 Å². The number of aryl methyl sites for hydroxylation is 1. The van der Waals surface area contributed by atoms with Crippen LogP contribution in [0.2, 0.25) is 0 Å². The number of hydrogen-bond donors (Lipinski definition) is 0. The molecule has 1 atom stereocenters. The first kappa shape index (κ1) is 17.6. The molecule has 0 aliphatic carbocycles. The Morgan fingerprint density at radius 3 is 2.64 bits per heavy atom. The molecule has 2 heterocycles. The molecule has 2 aromatic rings. The molecule has 0 saturated carbocycles. The highest BCUT2D eigenvalue weighted by Gasteiger charge is 2.28. The lowest BCUT2D eigenvalue weighted by atomic mass is 10.1. The second-order valence-electron chi connectivity index (χ2n) is 6.82. The highest BCUT2D eigenvalue weighted by Crippen LogP contribution is 2.19. The van der Waals surface area contributed by atoms with Gasteiger partial charge in [0.05, 0.1) is 5.69 Å². The average molecular weight is 337 g/mol. The topological polar surface area (TPSA) is 36.4 Å². The number of rotatable bonds is 5. The Morgan fingerprint density at radius 2 is 1.92 bits per heavy atom. The summed E-state index contributed by atoms with van der Waals surface area (Å²) in [6, 6.07) is 14.6. The van der Waals surface area contributed by atoms with Crippen molar-refractivity contribution in [3.63, 3.8) is 0 Å². The molecule has 0 radical (unpaired) electrons. The van der Waals surface area contributed by atoms with E-state index in [0.29, 0.717) is 13.0 Å². The van der Waals surface area contributed by atoms with E-state index in [1.165, 1.54) is 11.1 Å². The van der Waals surface area contributed by atoms with Gasteiger partial charge in [-0.3, -0.25) is 14.7 Å². The molecule has 132 valence electrons. The van der Waals surface area contributed by atoms with Crippen molar-refractivity contribution in [1.82, 2.24) is 14.8 Å². The van der Waals surface area contributed by atoms with Crippen LogP contribution in [0.15, 0.2) is 48.7 Å². The summed E-state index contributed by atoms with van der Waals surface area (Å²) in [6.07, 6.45) is 3.40.